The van der Waals surface area contributed by atoms with E-state index in [1.54, 1.807) is 25.1 Å². The second-order valence-electron chi connectivity index (χ2n) is 4.44. The molecule has 0 aliphatic carbocycles. The molecule has 0 saturated heterocycles. The van der Waals surface area contributed by atoms with E-state index in [2.05, 4.69) is 4.74 Å². The van der Waals surface area contributed by atoms with E-state index in [0.29, 0.717) is 5.58 Å². The summed E-state index contributed by atoms with van der Waals surface area (Å²) in [6.07, 6.45) is -2.14. The molecule has 0 aliphatic heterocycles. The van der Waals surface area contributed by atoms with Crippen molar-refractivity contribution in [3.05, 3.63) is 42.5 Å². The van der Waals surface area contributed by atoms with Crippen LogP contribution in [0.3, 0.4) is 0 Å². The van der Waals surface area contributed by atoms with Gasteiger partial charge in [0.25, 0.3) is 0 Å². The maximum atomic E-state index is 13.6. The highest BCUT2D eigenvalue weighted by atomic mass is 19.1. The van der Waals surface area contributed by atoms with Crippen molar-refractivity contribution in [2.75, 3.05) is 6.61 Å². The predicted molar refractivity (Wildman–Crippen MR) is 75.9 cm³/mol. The van der Waals surface area contributed by atoms with Crippen LogP contribution in [-0.4, -0.2) is 18.9 Å². The highest BCUT2D eigenvalue weighted by molar-refractivity contribution is 6.05. The first kappa shape index (κ1) is 13.4. The van der Waals surface area contributed by atoms with Crippen molar-refractivity contribution in [1.29, 1.82) is 0 Å². The lowest BCUT2D eigenvalue weighted by atomic mass is 10.1. The van der Waals surface area contributed by atoms with Crippen LogP contribution in [0.15, 0.2) is 46.9 Å². The molecule has 4 nitrogen and oxygen atoms in total. The number of halogens is 1. The van der Waals surface area contributed by atoms with Crippen LogP contribution in [0.5, 0.6) is 5.75 Å². The van der Waals surface area contributed by atoms with Crippen LogP contribution in [-0.2, 0) is 9.53 Å². The minimum absolute atomic E-state index is 0.105. The number of carbonyl (C=O) groups is 1. The maximum absolute atomic E-state index is 13.6. The van der Waals surface area contributed by atoms with Crippen LogP contribution in [0.25, 0.3) is 21.9 Å². The fourth-order valence-corrected chi connectivity index (χ4v) is 2.15. The minimum atomic E-state index is -2.14. The van der Waals surface area contributed by atoms with Gasteiger partial charge in [-0.3, -0.25) is 0 Å². The number of furan rings is 1. The quantitative estimate of drug-likeness (QED) is 0.685. The first-order chi connectivity index (χ1) is 10.2. The number of rotatable bonds is 4. The van der Waals surface area contributed by atoms with Crippen LogP contribution < -0.4 is 4.74 Å². The minimum Gasteiger partial charge on any atom is -0.461 e. The summed E-state index contributed by atoms with van der Waals surface area (Å²) in [4.78, 5) is 11.2. The van der Waals surface area contributed by atoms with E-state index in [4.69, 9.17) is 9.15 Å². The SMILES string of the molecule is CCOC(=O)C(F)Oc1ccc2oc3ccccc3c2c1. The fourth-order valence-electron chi connectivity index (χ4n) is 2.15. The van der Waals surface area contributed by atoms with Gasteiger partial charge in [0.2, 0.25) is 0 Å². The highest BCUT2D eigenvalue weighted by Gasteiger charge is 2.20. The molecule has 1 heterocycles. The van der Waals surface area contributed by atoms with E-state index in [1.807, 2.05) is 24.3 Å². The number of carbonyl (C=O) groups excluding carboxylic acids is 1. The molecular weight excluding hydrogens is 275 g/mol. The highest BCUT2D eigenvalue weighted by Crippen LogP contribution is 2.31. The molecule has 108 valence electrons. The molecule has 1 aromatic heterocycles. The normalized spacial score (nSPS) is 12.5. The van der Waals surface area contributed by atoms with Crippen LogP contribution in [0.2, 0.25) is 0 Å². The van der Waals surface area contributed by atoms with Crippen LogP contribution >= 0.6 is 0 Å². The van der Waals surface area contributed by atoms with Crippen LogP contribution in [0, 0.1) is 0 Å². The molecule has 0 fully saturated rings. The van der Waals surface area contributed by atoms with Gasteiger partial charge in [-0.05, 0) is 31.2 Å². The molecule has 21 heavy (non-hydrogen) atoms. The molecule has 0 aliphatic rings. The third-order valence-electron chi connectivity index (χ3n) is 3.06. The number of benzene rings is 2. The van der Waals surface area contributed by atoms with Gasteiger partial charge in [0.1, 0.15) is 16.9 Å². The summed E-state index contributed by atoms with van der Waals surface area (Å²) in [5.41, 5.74) is 1.42. The Hall–Kier alpha value is -2.56. The van der Waals surface area contributed by atoms with Crippen molar-refractivity contribution in [3.63, 3.8) is 0 Å². The van der Waals surface area contributed by atoms with Crippen molar-refractivity contribution >= 4 is 27.9 Å². The number of hydrogen-bond donors (Lipinski definition) is 0. The van der Waals surface area contributed by atoms with E-state index in [0.717, 1.165) is 16.4 Å². The monoisotopic (exact) mass is 288 g/mol. The molecule has 0 bridgehead atoms. The third kappa shape index (κ3) is 2.54. The van der Waals surface area contributed by atoms with Gasteiger partial charge in [-0.25, -0.2) is 4.79 Å². The molecule has 0 radical (unpaired) electrons. The van der Waals surface area contributed by atoms with Crippen LogP contribution in [0.1, 0.15) is 6.92 Å². The zero-order chi connectivity index (χ0) is 14.8. The van der Waals surface area contributed by atoms with Crippen molar-refractivity contribution in [2.24, 2.45) is 0 Å². The standard InChI is InChI=1S/C16H13FO4/c1-2-19-16(18)15(17)20-10-7-8-14-12(9-10)11-5-3-4-6-13(11)21-14/h3-9,15H,2H2,1H3. The van der Waals surface area contributed by atoms with Gasteiger partial charge in [0.05, 0.1) is 6.61 Å². The molecule has 0 N–H and O–H groups in total. The maximum Gasteiger partial charge on any atom is 0.381 e. The van der Waals surface area contributed by atoms with Gasteiger partial charge in [0.15, 0.2) is 0 Å². The van der Waals surface area contributed by atoms with Crippen molar-refractivity contribution in [3.8, 4) is 5.75 Å². The predicted octanol–water partition coefficient (Wildman–Crippen LogP) is 3.82. The van der Waals surface area contributed by atoms with E-state index in [-0.39, 0.29) is 12.4 Å². The van der Waals surface area contributed by atoms with Crippen molar-refractivity contribution in [1.82, 2.24) is 0 Å². The Kier molecular flexibility index (Phi) is 3.48. The Morgan fingerprint density at radius 3 is 2.76 bits per heavy atom. The summed E-state index contributed by atoms with van der Waals surface area (Å²) in [5, 5.41) is 1.71. The van der Waals surface area contributed by atoms with E-state index >= 15 is 0 Å². The van der Waals surface area contributed by atoms with Gasteiger partial charge in [-0.15, -0.1) is 0 Å². The van der Waals surface area contributed by atoms with Gasteiger partial charge < -0.3 is 13.9 Å². The summed E-state index contributed by atoms with van der Waals surface area (Å²) in [7, 11) is 0. The summed E-state index contributed by atoms with van der Waals surface area (Å²) < 4.78 is 28.8. The molecule has 1 atom stereocenters. The molecular formula is C16H13FO4. The number of esters is 1. The van der Waals surface area contributed by atoms with E-state index < -0.39 is 12.3 Å². The Labute approximate surface area is 120 Å². The lowest BCUT2D eigenvalue weighted by molar-refractivity contribution is -0.159. The van der Waals surface area contributed by atoms with Gasteiger partial charge >= 0.3 is 12.3 Å². The van der Waals surface area contributed by atoms with Crippen LogP contribution in [0.4, 0.5) is 4.39 Å². The summed E-state index contributed by atoms with van der Waals surface area (Å²) in [6, 6.07) is 12.4. The van der Waals surface area contributed by atoms with Gasteiger partial charge in [-0.2, -0.15) is 4.39 Å². The molecule has 0 saturated carbocycles. The first-order valence-corrected chi connectivity index (χ1v) is 6.57. The molecule has 3 aromatic rings. The zero-order valence-electron chi connectivity index (χ0n) is 11.3. The molecule has 5 heteroatoms. The number of hydrogen-bond acceptors (Lipinski definition) is 4. The lowest BCUT2D eigenvalue weighted by Crippen LogP contribution is -2.24. The Balaban J connectivity index is 1.93. The Morgan fingerprint density at radius 1 is 1.19 bits per heavy atom. The Bertz CT molecular complexity index is 793. The molecule has 3 rings (SSSR count). The van der Waals surface area contributed by atoms with E-state index in [9.17, 15) is 9.18 Å². The topological polar surface area (TPSA) is 48.7 Å². The number of fused-ring (bicyclic) bond motifs is 3. The summed E-state index contributed by atoms with van der Waals surface area (Å²) in [6.45, 7) is 1.71. The fraction of sp³-hybridized carbons (Fsp3) is 0.188. The van der Waals surface area contributed by atoms with Gasteiger partial charge in [-0.1, -0.05) is 18.2 Å². The second-order valence-corrected chi connectivity index (χ2v) is 4.44. The number of alkyl halides is 1. The molecule has 0 amide bonds. The van der Waals surface area contributed by atoms with Gasteiger partial charge in [0, 0.05) is 10.8 Å². The molecule has 0 spiro atoms. The second kappa shape index (κ2) is 5.44. The smallest absolute Gasteiger partial charge is 0.381 e. The molecule has 2 aromatic carbocycles. The van der Waals surface area contributed by atoms with Crippen molar-refractivity contribution < 1.29 is 23.1 Å². The zero-order valence-corrected chi connectivity index (χ0v) is 11.3. The summed E-state index contributed by atoms with van der Waals surface area (Å²) in [5.74, 6) is -0.788. The Morgan fingerprint density at radius 2 is 1.95 bits per heavy atom. The first-order valence-electron chi connectivity index (χ1n) is 6.57. The van der Waals surface area contributed by atoms with Crippen molar-refractivity contribution in [2.45, 2.75) is 13.3 Å². The average Bonchev–Trinajstić information content (AvgIpc) is 2.85. The summed E-state index contributed by atoms with van der Waals surface area (Å²) >= 11 is 0. The third-order valence-corrected chi connectivity index (χ3v) is 3.06. The largest absolute Gasteiger partial charge is 0.461 e. The number of ether oxygens (including phenoxy) is 2. The lowest BCUT2D eigenvalue weighted by Gasteiger charge is -2.10. The average molecular weight is 288 g/mol. The van der Waals surface area contributed by atoms with E-state index in [1.165, 1.54) is 0 Å². The number of para-hydroxylation sites is 1. The molecule has 1 unspecified atom stereocenters.